The Bertz CT molecular complexity index is 917. The number of ether oxygens (including phenoxy) is 2. The van der Waals surface area contributed by atoms with Crippen LogP contribution in [0.2, 0.25) is 0 Å². The van der Waals surface area contributed by atoms with Crippen molar-refractivity contribution in [2.75, 3.05) is 0 Å². The smallest absolute Gasteiger partial charge is 0.428 e. The maximum Gasteiger partial charge on any atom is 0.514 e. The van der Waals surface area contributed by atoms with Crippen molar-refractivity contribution in [2.24, 2.45) is 0 Å². The zero-order valence-electron chi connectivity index (χ0n) is 14.0. The standard InChI is InChI=1S/C16H17N5O4/c1-16(2,3)25-15(23)24-11-4-5-13(18-8-11)21-14(22)12(9-19-21)20-7-6-17-10-20/h4-10,19H,1-3H3. The second-order valence-electron chi connectivity index (χ2n) is 6.19. The van der Waals surface area contributed by atoms with Gasteiger partial charge in [-0.05, 0) is 32.9 Å². The van der Waals surface area contributed by atoms with Gasteiger partial charge in [0.05, 0.1) is 12.5 Å². The summed E-state index contributed by atoms with van der Waals surface area (Å²) in [6, 6.07) is 3.08. The van der Waals surface area contributed by atoms with Crippen LogP contribution in [-0.4, -0.2) is 36.1 Å². The Morgan fingerprint density at radius 1 is 1.28 bits per heavy atom. The summed E-state index contributed by atoms with van der Waals surface area (Å²) < 4.78 is 13.0. The fraction of sp³-hybridized carbons (Fsp3) is 0.250. The molecule has 0 aliphatic heterocycles. The second kappa shape index (κ2) is 6.27. The molecule has 9 heteroatoms. The number of nitrogens with one attached hydrogen (secondary N) is 1. The number of carbonyl (C=O) groups is 1. The average molecular weight is 343 g/mol. The van der Waals surface area contributed by atoms with E-state index in [9.17, 15) is 9.59 Å². The highest BCUT2D eigenvalue weighted by atomic mass is 16.7. The molecule has 1 N–H and O–H groups in total. The third kappa shape index (κ3) is 3.77. The first-order valence-corrected chi connectivity index (χ1v) is 7.49. The van der Waals surface area contributed by atoms with E-state index in [1.165, 1.54) is 23.3 Å². The topological polar surface area (TPSA) is 104 Å². The lowest BCUT2D eigenvalue weighted by Gasteiger charge is -2.18. The van der Waals surface area contributed by atoms with Crippen molar-refractivity contribution in [3.8, 4) is 17.3 Å². The number of hydrogen-bond acceptors (Lipinski definition) is 6. The fourth-order valence-electron chi connectivity index (χ4n) is 2.05. The van der Waals surface area contributed by atoms with Crippen LogP contribution < -0.4 is 10.3 Å². The maximum absolute atomic E-state index is 12.4. The summed E-state index contributed by atoms with van der Waals surface area (Å²) in [6.45, 7) is 5.22. The normalized spacial score (nSPS) is 11.3. The molecule has 0 saturated heterocycles. The van der Waals surface area contributed by atoms with Gasteiger partial charge in [0.15, 0.2) is 11.6 Å². The third-order valence-electron chi connectivity index (χ3n) is 3.08. The van der Waals surface area contributed by atoms with Crippen molar-refractivity contribution in [1.29, 1.82) is 0 Å². The highest BCUT2D eigenvalue weighted by Crippen LogP contribution is 2.14. The first kappa shape index (κ1) is 16.5. The molecule has 3 aromatic rings. The first-order valence-electron chi connectivity index (χ1n) is 7.49. The predicted molar refractivity (Wildman–Crippen MR) is 88.2 cm³/mol. The van der Waals surface area contributed by atoms with Crippen molar-refractivity contribution < 1.29 is 14.3 Å². The Labute approximate surface area is 142 Å². The largest absolute Gasteiger partial charge is 0.514 e. The number of H-pyrrole nitrogens is 1. The van der Waals surface area contributed by atoms with E-state index in [4.69, 9.17) is 9.47 Å². The summed E-state index contributed by atoms with van der Waals surface area (Å²) in [5.41, 5.74) is -0.522. The van der Waals surface area contributed by atoms with E-state index >= 15 is 0 Å². The number of hydrogen-bond donors (Lipinski definition) is 1. The molecule has 0 radical (unpaired) electrons. The number of carbonyl (C=O) groups excluding carboxylic acids is 1. The molecular formula is C16H17N5O4. The number of pyridine rings is 1. The number of rotatable bonds is 3. The SMILES string of the molecule is CC(C)(C)OC(=O)Oc1ccc(-n2[nH]cc(-n3ccnc3)c2=O)nc1. The molecule has 0 atom stereocenters. The molecule has 130 valence electrons. The van der Waals surface area contributed by atoms with Gasteiger partial charge in [-0.25, -0.2) is 14.8 Å². The van der Waals surface area contributed by atoms with E-state index in [1.54, 1.807) is 50.0 Å². The molecular weight excluding hydrogens is 326 g/mol. The fourth-order valence-corrected chi connectivity index (χ4v) is 2.05. The molecule has 0 aliphatic rings. The van der Waals surface area contributed by atoms with Crippen LogP contribution in [0.3, 0.4) is 0 Å². The maximum atomic E-state index is 12.4. The van der Waals surface area contributed by atoms with Gasteiger partial charge in [-0.2, -0.15) is 4.68 Å². The molecule has 0 aromatic carbocycles. The molecule has 0 spiro atoms. The van der Waals surface area contributed by atoms with Gasteiger partial charge in [0.1, 0.15) is 11.3 Å². The van der Waals surface area contributed by atoms with Gasteiger partial charge in [-0.3, -0.25) is 14.5 Å². The Morgan fingerprint density at radius 3 is 2.68 bits per heavy atom. The Morgan fingerprint density at radius 2 is 2.08 bits per heavy atom. The van der Waals surface area contributed by atoms with Crippen molar-refractivity contribution in [2.45, 2.75) is 26.4 Å². The van der Waals surface area contributed by atoms with Crippen molar-refractivity contribution >= 4 is 6.16 Å². The van der Waals surface area contributed by atoms with Crippen LogP contribution in [-0.2, 0) is 4.74 Å². The summed E-state index contributed by atoms with van der Waals surface area (Å²) in [6.07, 6.45) is 6.85. The Kier molecular flexibility index (Phi) is 4.14. The van der Waals surface area contributed by atoms with Gasteiger partial charge in [0.2, 0.25) is 0 Å². The van der Waals surface area contributed by atoms with Crippen molar-refractivity contribution in [1.82, 2.24) is 24.3 Å². The van der Waals surface area contributed by atoms with Crippen LogP contribution in [0.1, 0.15) is 20.8 Å². The van der Waals surface area contributed by atoms with Crippen LogP contribution in [0.5, 0.6) is 5.75 Å². The van der Waals surface area contributed by atoms with Gasteiger partial charge in [-0.15, -0.1) is 0 Å². The van der Waals surface area contributed by atoms with Gasteiger partial charge in [0, 0.05) is 18.6 Å². The minimum absolute atomic E-state index is 0.215. The van der Waals surface area contributed by atoms with E-state index in [-0.39, 0.29) is 11.3 Å². The summed E-state index contributed by atoms with van der Waals surface area (Å²) in [5, 5.41) is 2.83. The molecule has 25 heavy (non-hydrogen) atoms. The van der Waals surface area contributed by atoms with Gasteiger partial charge in [-0.1, -0.05) is 0 Å². The molecule has 0 amide bonds. The van der Waals surface area contributed by atoms with Crippen LogP contribution in [0.15, 0.2) is 48.0 Å². The lowest BCUT2D eigenvalue weighted by molar-refractivity contribution is 0.0205. The van der Waals surface area contributed by atoms with Crippen molar-refractivity contribution in [3.05, 3.63) is 53.6 Å². The van der Waals surface area contributed by atoms with E-state index < -0.39 is 11.8 Å². The van der Waals surface area contributed by atoms with Crippen LogP contribution in [0.25, 0.3) is 11.5 Å². The molecule has 3 aromatic heterocycles. The minimum atomic E-state index is -0.818. The third-order valence-corrected chi connectivity index (χ3v) is 3.08. The lowest BCUT2D eigenvalue weighted by atomic mass is 10.2. The van der Waals surface area contributed by atoms with Crippen LogP contribution in [0, 0.1) is 0 Å². The molecule has 0 unspecified atom stereocenters. The quantitative estimate of drug-likeness (QED) is 0.730. The zero-order chi connectivity index (χ0) is 18.0. The average Bonchev–Trinajstić information content (AvgIpc) is 3.15. The van der Waals surface area contributed by atoms with Crippen LogP contribution >= 0.6 is 0 Å². The number of nitrogens with zero attached hydrogens (tertiary/aromatic N) is 4. The predicted octanol–water partition coefficient (Wildman–Crippen LogP) is 2.06. The number of imidazole rings is 1. The second-order valence-corrected chi connectivity index (χ2v) is 6.19. The monoisotopic (exact) mass is 343 g/mol. The summed E-state index contributed by atoms with van der Waals surface area (Å²) >= 11 is 0. The highest BCUT2D eigenvalue weighted by molar-refractivity contribution is 5.64. The van der Waals surface area contributed by atoms with Crippen molar-refractivity contribution in [3.63, 3.8) is 0 Å². The summed E-state index contributed by atoms with van der Waals surface area (Å²) in [7, 11) is 0. The molecule has 3 heterocycles. The molecule has 9 nitrogen and oxygen atoms in total. The van der Waals surface area contributed by atoms with Gasteiger partial charge >= 0.3 is 6.16 Å². The zero-order valence-corrected chi connectivity index (χ0v) is 14.0. The highest BCUT2D eigenvalue weighted by Gasteiger charge is 2.18. The van der Waals surface area contributed by atoms with Gasteiger partial charge < -0.3 is 9.47 Å². The summed E-state index contributed by atoms with van der Waals surface area (Å²) in [5.74, 6) is 0.570. The molecule has 0 aliphatic carbocycles. The number of aromatic amines is 1. The van der Waals surface area contributed by atoms with Gasteiger partial charge in [0.25, 0.3) is 5.56 Å². The van der Waals surface area contributed by atoms with E-state index in [1.807, 2.05) is 0 Å². The molecule has 3 rings (SSSR count). The summed E-state index contributed by atoms with van der Waals surface area (Å²) in [4.78, 5) is 32.1. The Hall–Kier alpha value is -3.36. The Balaban J connectivity index is 1.77. The molecule has 0 bridgehead atoms. The van der Waals surface area contributed by atoms with E-state index in [2.05, 4.69) is 15.1 Å². The number of aromatic nitrogens is 5. The van der Waals surface area contributed by atoms with Crippen LogP contribution in [0.4, 0.5) is 4.79 Å². The molecule has 0 saturated carbocycles. The van der Waals surface area contributed by atoms with E-state index in [0.717, 1.165) is 0 Å². The minimum Gasteiger partial charge on any atom is -0.428 e. The van der Waals surface area contributed by atoms with E-state index in [0.29, 0.717) is 11.5 Å². The first-order chi connectivity index (χ1) is 11.8. The lowest BCUT2D eigenvalue weighted by Crippen LogP contribution is -2.26. The molecule has 0 fully saturated rings.